The molecule has 0 fully saturated rings. The van der Waals surface area contributed by atoms with Gasteiger partial charge in [-0.05, 0) is 62.1 Å². The van der Waals surface area contributed by atoms with Gasteiger partial charge in [0.25, 0.3) is 5.91 Å². The minimum Gasteiger partial charge on any atom is -0.448 e. The van der Waals surface area contributed by atoms with Crippen molar-refractivity contribution in [1.82, 2.24) is 5.32 Å². The largest absolute Gasteiger partial charge is 0.448 e. The van der Waals surface area contributed by atoms with E-state index in [2.05, 4.69) is 35.4 Å². The maximum Gasteiger partial charge on any atom is 0.408 e. The summed E-state index contributed by atoms with van der Waals surface area (Å²) in [7, 11) is 0. The average molecular weight is 444 g/mol. The number of rotatable bonds is 8. The Morgan fingerprint density at radius 2 is 1.74 bits per heavy atom. The quantitative estimate of drug-likeness (QED) is 0.594. The second kappa shape index (κ2) is 10.5. The van der Waals surface area contributed by atoms with E-state index in [4.69, 9.17) is 16.3 Å². The fourth-order valence-corrected chi connectivity index (χ4v) is 4.13. The fraction of sp³-hybridized carbons (Fsp3) is 0.417. The van der Waals surface area contributed by atoms with Crippen LogP contribution in [0.15, 0.2) is 48.5 Å². The Bertz CT molecular complexity index is 899. The molecule has 0 unspecified atom stereocenters. The van der Waals surface area contributed by atoms with Crippen molar-refractivity contribution in [3.05, 3.63) is 59.7 Å². The highest BCUT2D eigenvalue weighted by Crippen LogP contribution is 2.30. The number of carbonyl (C=O) groups excluding carboxylic acids is 2. The molecule has 0 bridgehead atoms. The summed E-state index contributed by atoms with van der Waals surface area (Å²) in [5.41, 5.74) is 2.96. The van der Waals surface area contributed by atoms with Crippen LogP contribution in [0.2, 0.25) is 0 Å². The van der Waals surface area contributed by atoms with Gasteiger partial charge < -0.3 is 20.3 Å². The van der Waals surface area contributed by atoms with E-state index >= 15 is 0 Å². The summed E-state index contributed by atoms with van der Waals surface area (Å²) in [5.74, 6) is -0.0469. The zero-order valence-corrected chi connectivity index (χ0v) is 18.9. The molecule has 0 saturated carbocycles. The molecule has 0 aromatic heterocycles. The van der Waals surface area contributed by atoms with E-state index < -0.39 is 11.6 Å². The Labute approximate surface area is 188 Å². The number of hydrogen-bond donors (Lipinski definition) is 2. The molecule has 166 valence electrons. The van der Waals surface area contributed by atoms with E-state index in [0.29, 0.717) is 24.9 Å². The maximum atomic E-state index is 13.4. The minimum atomic E-state index is -1.09. The number of nitrogens with one attached hydrogen (secondary N) is 2. The van der Waals surface area contributed by atoms with Crippen molar-refractivity contribution in [2.45, 2.75) is 38.6 Å². The minimum absolute atomic E-state index is 0.0918. The van der Waals surface area contributed by atoms with Crippen molar-refractivity contribution in [3.63, 3.8) is 0 Å². The number of alkyl carbamates (subject to hydrolysis) is 1. The first-order valence-corrected chi connectivity index (χ1v) is 11.3. The van der Waals surface area contributed by atoms with Gasteiger partial charge in [0.2, 0.25) is 0 Å². The van der Waals surface area contributed by atoms with Crippen LogP contribution >= 0.6 is 11.6 Å². The third-order valence-electron chi connectivity index (χ3n) is 5.77. The lowest BCUT2D eigenvalue weighted by molar-refractivity contribution is -0.122. The molecule has 2 amide bonds. The number of halogens is 1. The van der Waals surface area contributed by atoms with Gasteiger partial charge in [-0.1, -0.05) is 24.3 Å². The van der Waals surface area contributed by atoms with Crippen molar-refractivity contribution in [1.29, 1.82) is 0 Å². The molecule has 1 aliphatic rings. The van der Waals surface area contributed by atoms with E-state index in [0.717, 1.165) is 24.3 Å². The average Bonchev–Trinajstić information content (AvgIpc) is 2.79. The standard InChI is InChI=1S/C24H30ClN3O3/c1-3-28(4-2)21-11-9-20(10-12-21)26-22(29)24(27-23(30)31-16-15-25)14-13-18-7-5-6-8-19(18)17-24/h5-12H,3-4,13-17H2,1-2H3,(H,26,29)(H,27,30)/t24-/m0/s1. The molecule has 7 heteroatoms. The first kappa shape index (κ1) is 22.9. The molecule has 0 radical (unpaired) electrons. The zero-order chi connectivity index (χ0) is 22.3. The van der Waals surface area contributed by atoms with Crippen molar-refractivity contribution < 1.29 is 14.3 Å². The molecule has 0 spiro atoms. The molecule has 31 heavy (non-hydrogen) atoms. The van der Waals surface area contributed by atoms with Crippen LogP contribution in [0.3, 0.4) is 0 Å². The molecule has 0 saturated heterocycles. The summed E-state index contributed by atoms with van der Waals surface area (Å²) in [6, 6.07) is 15.8. The van der Waals surface area contributed by atoms with Gasteiger partial charge in [-0.25, -0.2) is 4.79 Å². The van der Waals surface area contributed by atoms with Crippen LogP contribution in [0.1, 0.15) is 31.4 Å². The van der Waals surface area contributed by atoms with Crippen LogP contribution in [0.5, 0.6) is 0 Å². The number of benzene rings is 2. The number of hydrogen-bond acceptors (Lipinski definition) is 4. The van der Waals surface area contributed by atoms with Gasteiger partial charge in [-0.2, -0.15) is 0 Å². The number of anilines is 2. The smallest absolute Gasteiger partial charge is 0.408 e. The van der Waals surface area contributed by atoms with Crippen molar-refractivity contribution >= 4 is 35.0 Å². The first-order valence-electron chi connectivity index (χ1n) is 10.8. The first-order chi connectivity index (χ1) is 15.0. The van der Waals surface area contributed by atoms with Gasteiger partial charge in [0.05, 0.1) is 5.88 Å². The Balaban J connectivity index is 1.80. The van der Waals surface area contributed by atoms with Gasteiger partial charge in [-0.3, -0.25) is 4.79 Å². The van der Waals surface area contributed by atoms with Gasteiger partial charge >= 0.3 is 6.09 Å². The number of aryl methyl sites for hydroxylation is 1. The molecule has 2 N–H and O–H groups in total. The van der Waals surface area contributed by atoms with Crippen LogP contribution in [0.4, 0.5) is 16.2 Å². The summed E-state index contributed by atoms with van der Waals surface area (Å²) >= 11 is 5.63. The van der Waals surface area contributed by atoms with Crippen LogP contribution < -0.4 is 15.5 Å². The second-order valence-electron chi connectivity index (χ2n) is 7.65. The molecule has 0 heterocycles. The van der Waals surface area contributed by atoms with Gasteiger partial charge in [0.15, 0.2) is 0 Å². The predicted molar refractivity (Wildman–Crippen MR) is 125 cm³/mol. The number of carbonyl (C=O) groups is 2. The van der Waals surface area contributed by atoms with Crippen molar-refractivity contribution in [2.24, 2.45) is 0 Å². The number of fused-ring (bicyclic) bond motifs is 1. The molecule has 6 nitrogen and oxygen atoms in total. The Kier molecular flexibility index (Phi) is 7.80. The summed E-state index contributed by atoms with van der Waals surface area (Å²) < 4.78 is 5.11. The molecule has 3 rings (SSSR count). The van der Waals surface area contributed by atoms with Crippen LogP contribution in [-0.2, 0) is 22.4 Å². The van der Waals surface area contributed by atoms with Crippen molar-refractivity contribution in [2.75, 3.05) is 35.8 Å². The summed E-state index contributed by atoms with van der Waals surface area (Å²) in [4.78, 5) is 28.0. The van der Waals surface area contributed by atoms with Crippen LogP contribution in [0, 0.1) is 0 Å². The number of amides is 2. The Hall–Kier alpha value is -2.73. The third kappa shape index (κ3) is 5.50. The molecule has 2 aromatic rings. The van der Waals surface area contributed by atoms with E-state index in [1.54, 1.807) is 0 Å². The number of ether oxygens (including phenoxy) is 1. The normalized spacial score (nSPS) is 17.4. The highest BCUT2D eigenvalue weighted by molar-refractivity contribution is 6.18. The molecular formula is C24H30ClN3O3. The van der Waals surface area contributed by atoms with Gasteiger partial charge in [0.1, 0.15) is 12.1 Å². The van der Waals surface area contributed by atoms with Crippen LogP contribution in [0.25, 0.3) is 0 Å². The lowest BCUT2D eigenvalue weighted by atomic mass is 9.77. The monoisotopic (exact) mass is 443 g/mol. The lowest BCUT2D eigenvalue weighted by Gasteiger charge is -2.37. The number of alkyl halides is 1. The summed E-state index contributed by atoms with van der Waals surface area (Å²) in [6.45, 7) is 6.14. The zero-order valence-electron chi connectivity index (χ0n) is 18.1. The van der Waals surface area contributed by atoms with Crippen LogP contribution in [-0.4, -0.2) is 43.1 Å². The van der Waals surface area contributed by atoms with Gasteiger partial charge in [0, 0.05) is 30.9 Å². The second-order valence-corrected chi connectivity index (χ2v) is 8.03. The Morgan fingerprint density at radius 3 is 2.39 bits per heavy atom. The maximum absolute atomic E-state index is 13.4. The highest BCUT2D eigenvalue weighted by Gasteiger charge is 2.43. The molecule has 2 aromatic carbocycles. The summed E-state index contributed by atoms with van der Waals surface area (Å²) in [5, 5.41) is 5.83. The predicted octanol–water partition coefficient (Wildman–Crippen LogP) is 4.36. The Morgan fingerprint density at radius 1 is 1.06 bits per heavy atom. The molecule has 1 atom stereocenters. The SMILES string of the molecule is CCN(CC)c1ccc(NC(=O)[C@]2(NC(=O)OCCCl)CCc3ccccc3C2)cc1. The topological polar surface area (TPSA) is 70.7 Å². The van der Waals surface area contributed by atoms with Crippen molar-refractivity contribution in [3.8, 4) is 0 Å². The number of nitrogens with zero attached hydrogens (tertiary/aromatic N) is 1. The van der Waals surface area contributed by atoms with E-state index in [-0.39, 0.29) is 18.4 Å². The van der Waals surface area contributed by atoms with Gasteiger partial charge in [-0.15, -0.1) is 11.6 Å². The lowest BCUT2D eigenvalue weighted by Crippen LogP contribution is -2.60. The molecule has 0 aliphatic heterocycles. The molecular weight excluding hydrogens is 414 g/mol. The van der Waals surface area contributed by atoms with E-state index in [1.165, 1.54) is 5.56 Å². The third-order valence-corrected chi connectivity index (χ3v) is 5.93. The van der Waals surface area contributed by atoms with E-state index in [1.807, 2.05) is 42.5 Å². The summed E-state index contributed by atoms with van der Waals surface area (Å²) in [6.07, 6.45) is 0.957. The highest BCUT2D eigenvalue weighted by atomic mass is 35.5. The molecule has 1 aliphatic carbocycles. The fourth-order valence-electron chi connectivity index (χ4n) is 4.05. The van der Waals surface area contributed by atoms with E-state index in [9.17, 15) is 9.59 Å².